The number of piperidine rings is 1. The predicted molar refractivity (Wildman–Crippen MR) is 105 cm³/mol. The maximum atomic E-state index is 13.8. The highest BCUT2D eigenvalue weighted by molar-refractivity contribution is 5.80. The molecule has 1 fully saturated rings. The Morgan fingerprint density at radius 1 is 1.37 bits per heavy atom. The van der Waals surface area contributed by atoms with E-state index in [1.165, 1.54) is 6.07 Å². The van der Waals surface area contributed by atoms with E-state index in [4.69, 9.17) is 4.74 Å². The molecule has 2 rings (SSSR count). The van der Waals surface area contributed by atoms with Crippen molar-refractivity contribution in [2.45, 2.75) is 38.7 Å². The minimum absolute atomic E-state index is 0.104. The molecule has 0 aliphatic carbocycles. The lowest BCUT2D eigenvalue weighted by atomic mass is 9.93. The Balaban J connectivity index is 1.82. The first-order chi connectivity index (χ1) is 13.1. The van der Waals surface area contributed by atoms with E-state index in [2.05, 4.69) is 20.5 Å². The molecule has 1 heterocycles. The number of amides is 1. The second-order valence-corrected chi connectivity index (χ2v) is 6.81. The van der Waals surface area contributed by atoms with Gasteiger partial charge in [0, 0.05) is 33.6 Å². The second kappa shape index (κ2) is 10.7. The van der Waals surface area contributed by atoms with Gasteiger partial charge in [0.25, 0.3) is 0 Å². The maximum absolute atomic E-state index is 13.8. The molecule has 1 atom stereocenters. The number of hydrogen-bond acceptors (Lipinski definition) is 3. The van der Waals surface area contributed by atoms with Gasteiger partial charge < -0.3 is 20.3 Å². The fourth-order valence-corrected chi connectivity index (χ4v) is 3.24. The van der Waals surface area contributed by atoms with Crippen molar-refractivity contribution in [1.29, 1.82) is 0 Å². The lowest BCUT2D eigenvalue weighted by molar-refractivity contribution is -0.121. The molecule has 0 aromatic heterocycles. The van der Waals surface area contributed by atoms with Crippen molar-refractivity contribution in [3.63, 3.8) is 0 Å². The van der Waals surface area contributed by atoms with Crippen molar-refractivity contribution in [2.75, 3.05) is 33.7 Å². The second-order valence-electron chi connectivity index (χ2n) is 6.81. The molecular formula is C20H31FN4O2. The maximum Gasteiger partial charge on any atom is 0.220 e. The minimum atomic E-state index is -0.349. The third-order valence-electron chi connectivity index (χ3n) is 4.95. The summed E-state index contributed by atoms with van der Waals surface area (Å²) in [5.74, 6) is 1.28. The van der Waals surface area contributed by atoms with Crippen LogP contribution in [0.15, 0.2) is 29.3 Å². The third kappa shape index (κ3) is 6.41. The lowest BCUT2D eigenvalue weighted by Crippen LogP contribution is -2.48. The Hall–Kier alpha value is -2.31. The van der Waals surface area contributed by atoms with Gasteiger partial charge >= 0.3 is 0 Å². The van der Waals surface area contributed by atoms with Gasteiger partial charge in [-0.25, -0.2) is 4.39 Å². The Labute approximate surface area is 161 Å². The summed E-state index contributed by atoms with van der Waals surface area (Å²) in [4.78, 5) is 18.1. The number of hydrogen-bond donors (Lipinski definition) is 2. The molecule has 0 radical (unpaired) electrons. The largest absolute Gasteiger partial charge is 0.486 e. The van der Waals surface area contributed by atoms with Crippen molar-refractivity contribution >= 4 is 11.9 Å². The summed E-state index contributed by atoms with van der Waals surface area (Å²) >= 11 is 0. The Kier molecular flexibility index (Phi) is 8.36. The van der Waals surface area contributed by atoms with Crippen LogP contribution in [0.25, 0.3) is 0 Å². The molecule has 1 unspecified atom stereocenters. The Bertz CT molecular complexity index is 630. The van der Waals surface area contributed by atoms with Crippen LogP contribution in [0.3, 0.4) is 0 Å². The van der Waals surface area contributed by atoms with Crippen molar-refractivity contribution in [1.82, 2.24) is 15.5 Å². The molecule has 7 heteroatoms. The van der Waals surface area contributed by atoms with E-state index < -0.39 is 0 Å². The zero-order chi connectivity index (χ0) is 19.6. The lowest BCUT2D eigenvalue weighted by Gasteiger charge is -2.34. The van der Waals surface area contributed by atoms with E-state index in [-0.39, 0.29) is 23.6 Å². The number of likely N-dealkylation sites (tertiary alicyclic amines) is 1. The van der Waals surface area contributed by atoms with E-state index in [0.29, 0.717) is 18.9 Å². The van der Waals surface area contributed by atoms with Crippen molar-refractivity contribution in [3.05, 3.63) is 30.1 Å². The molecule has 150 valence electrons. The van der Waals surface area contributed by atoms with Gasteiger partial charge in [-0.2, -0.15) is 0 Å². The standard InChI is InChI=1S/C20H31FN4O2/c1-4-16(27-18-8-6-5-7-17(18)21)14-24-20(23-3)25-11-9-15(10-12-25)13-19(26)22-2/h5-8,15-16H,4,9-14H2,1-3H3,(H,22,26)(H,23,24). The molecule has 1 aromatic carbocycles. The van der Waals surface area contributed by atoms with Crippen LogP contribution in [0.5, 0.6) is 5.75 Å². The number of carbonyl (C=O) groups is 1. The van der Waals surface area contributed by atoms with Gasteiger partial charge in [-0.05, 0) is 37.3 Å². The zero-order valence-electron chi connectivity index (χ0n) is 16.5. The Morgan fingerprint density at radius 3 is 2.67 bits per heavy atom. The average Bonchev–Trinajstić information content (AvgIpc) is 2.70. The van der Waals surface area contributed by atoms with E-state index in [0.717, 1.165) is 38.3 Å². The van der Waals surface area contributed by atoms with Gasteiger partial charge in [0.15, 0.2) is 17.5 Å². The molecule has 1 aliphatic rings. The quantitative estimate of drug-likeness (QED) is 0.565. The number of nitrogens with zero attached hydrogens (tertiary/aromatic N) is 2. The first-order valence-electron chi connectivity index (χ1n) is 9.64. The van der Waals surface area contributed by atoms with Crippen molar-refractivity contribution in [2.24, 2.45) is 10.9 Å². The molecule has 1 amide bonds. The first-order valence-corrected chi connectivity index (χ1v) is 9.64. The van der Waals surface area contributed by atoms with Gasteiger partial charge in [0.1, 0.15) is 6.10 Å². The topological polar surface area (TPSA) is 66.0 Å². The smallest absolute Gasteiger partial charge is 0.220 e. The highest BCUT2D eigenvalue weighted by Crippen LogP contribution is 2.21. The van der Waals surface area contributed by atoms with Gasteiger partial charge in [-0.1, -0.05) is 19.1 Å². The van der Waals surface area contributed by atoms with E-state index in [1.54, 1.807) is 32.3 Å². The van der Waals surface area contributed by atoms with Gasteiger partial charge in [0.05, 0.1) is 6.54 Å². The molecule has 6 nitrogen and oxygen atoms in total. The summed E-state index contributed by atoms with van der Waals surface area (Å²) in [6.07, 6.45) is 3.13. The van der Waals surface area contributed by atoms with Gasteiger partial charge in [0.2, 0.25) is 5.91 Å². The summed E-state index contributed by atoms with van der Waals surface area (Å²) < 4.78 is 19.6. The molecule has 1 aliphatic heterocycles. The van der Waals surface area contributed by atoms with E-state index in [9.17, 15) is 9.18 Å². The van der Waals surface area contributed by atoms with Crippen LogP contribution < -0.4 is 15.4 Å². The number of halogens is 1. The SMILES string of the molecule is CCC(CNC(=NC)N1CCC(CC(=O)NC)CC1)Oc1ccccc1F. The molecular weight excluding hydrogens is 347 g/mol. The average molecular weight is 378 g/mol. The molecule has 1 aromatic rings. The molecule has 0 spiro atoms. The highest BCUT2D eigenvalue weighted by atomic mass is 19.1. The number of carbonyl (C=O) groups excluding carboxylic acids is 1. The number of rotatable bonds is 7. The summed E-state index contributed by atoms with van der Waals surface area (Å²) in [6.45, 7) is 4.30. The number of guanidine groups is 1. The first kappa shape index (κ1) is 21.0. The fourth-order valence-electron chi connectivity index (χ4n) is 3.24. The van der Waals surface area contributed by atoms with Crippen LogP contribution >= 0.6 is 0 Å². The summed E-state index contributed by atoms with van der Waals surface area (Å²) in [5, 5.41) is 6.04. The van der Waals surface area contributed by atoms with Gasteiger partial charge in [-0.3, -0.25) is 9.79 Å². The summed E-state index contributed by atoms with van der Waals surface area (Å²) in [6, 6.07) is 6.46. The number of para-hydroxylation sites is 1. The van der Waals surface area contributed by atoms with Gasteiger partial charge in [-0.15, -0.1) is 0 Å². The van der Waals surface area contributed by atoms with Crippen LogP contribution in [0.2, 0.25) is 0 Å². The Morgan fingerprint density at radius 2 is 2.07 bits per heavy atom. The molecule has 27 heavy (non-hydrogen) atoms. The van der Waals surface area contributed by atoms with Crippen molar-refractivity contribution in [3.8, 4) is 5.75 Å². The summed E-state index contributed by atoms with van der Waals surface area (Å²) in [7, 11) is 3.44. The van der Waals surface area contributed by atoms with E-state index >= 15 is 0 Å². The molecule has 0 saturated carbocycles. The fraction of sp³-hybridized carbons (Fsp3) is 0.600. The van der Waals surface area contributed by atoms with Crippen LogP contribution in [0.1, 0.15) is 32.6 Å². The number of aliphatic imine (C=N–C) groups is 1. The monoisotopic (exact) mass is 378 g/mol. The molecule has 0 bridgehead atoms. The van der Waals surface area contributed by atoms with Crippen LogP contribution in [-0.2, 0) is 4.79 Å². The van der Waals surface area contributed by atoms with Crippen LogP contribution in [0.4, 0.5) is 4.39 Å². The number of ether oxygens (including phenoxy) is 1. The highest BCUT2D eigenvalue weighted by Gasteiger charge is 2.23. The third-order valence-corrected chi connectivity index (χ3v) is 4.95. The normalized spacial score (nSPS) is 16.7. The molecule has 1 saturated heterocycles. The van der Waals surface area contributed by atoms with Crippen molar-refractivity contribution < 1.29 is 13.9 Å². The number of benzene rings is 1. The minimum Gasteiger partial charge on any atom is -0.486 e. The van der Waals surface area contributed by atoms with E-state index in [1.807, 2.05) is 6.92 Å². The van der Waals surface area contributed by atoms with Crippen LogP contribution in [0, 0.1) is 11.7 Å². The summed E-state index contributed by atoms with van der Waals surface area (Å²) in [5.41, 5.74) is 0. The number of nitrogens with one attached hydrogen (secondary N) is 2. The van der Waals surface area contributed by atoms with Crippen LogP contribution in [-0.4, -0.2) is 56.6 Å². The zero-order valence-corrected chi connectivity index (χ0v) is 16.5. The molecule has 2 N–H and O–H groups in total. The predicted octanol–water partition coefficient (Wildman–Crippen LogP) is 2.41.